The van der Waals surface area contributed by atoms with E-state index in [0.29, 0.717) is 15.8 Å². The zero-order chi connectivity index (χ0) is 17.4. The first-order chi connectivity index (χ1) is 12.1. The van der Waals surface area contributed by atoms with E-state index in [2.05, 4.69) is 22.7 Å². The maximum Gasteiger partial charge on any atom is 0.206 e. The summed E-state index contributed by atoms with van der Waals surface area (Å²) in [6, 6.07) is 16.6. The molecule has 2 aromatic carbocycles. The van der Waals surface area contributed by atoms with Gasteiger partial charge in [-0.3, -0.25) is 0 Å². The molecule has 0 aliphatic carbocycles. The van der Waals surface area contributed by atoms with Crippen molar-refractivity contribution in [1.29, 1.82) is 0 Å². The minimum Gasteiger partial charge on any atom is -0.344 e. The van der Waals surface area contributed by atoms with Gasteiger partial charge in [0.15, 0.2) is 0 Å². The predicted molar refractivity (Wildman–Crippen MR) is 107 cm³/mol. The summed E-state index contributed by atoms with van der Waals surface area (Å²) in [4.78, 5) is 3.05. The van der Waals surface area contributed by atoms with E-state index in [1.165, 1.54) is 0 Å². The maximum absolute atomic E-state index is 12.8. The zero-order valence-corrected chi connectivity index (χ0v) is 16.3. The number of nitrogens with zero attached hydrogens (tertiary/aromatic N) is 2. The van der Waals surface area contributed by atoms with Crippen molar-refractivity contribution in [3.05, 3.63) is 60.8 Å². The normalized spacial score (nSPS) is 16.5. The van der Waals surface area contributed by atoms with Gasteiger partial charge in [-0.2, -0.15) is 0 Å². The molecule has 0 atom stereocenters. The van der Waals surface area contributed by atoms with Gasteiger partial charge >= 0.3 is 0 Å². The van der Waals surface area contributed by atoms with E-state index in [-0.39, 0.29) is 12.4 Å². The quantitative estimate of drug-likeness (QED) is 0.674. The van der Waals surface area contributed by atoms with Crippen molar-refractivity contribution < 1.29 is 8.42 Å². The molecule has 0 unspecified atom stereocenters. The average molecular weight is 391 g/mol. The number of hydrogen-bond acceptors (Lipinski definition) is 3. The number of fused-ring (bicyclic) bond motifs is 1. The van der Waals surface area contributed by atoms with E-state index >= 15 is 0 Å². The van der Waals surface area contributed by atoms with Gasteiger partial charge in [-0.15, -0.1) is 12.4 Å². The van der Waals surface area contributed by atoms with Crippen molar-refractivity contribution in [3.8, 4) is 0 Å². The highest BCUT2D eigenvalue weighted by atomic mass is 35.5. The molecule has 3 aromatic rings. The van der Waals surface area contributed by atoms with E-state index in [1.54, 1.807) is 36.4 Å². The number of likely N-dealkylation sites (tertiary alicyclic amines) is 1. The first kappa shape index (κ1) is 19.0. The second kappa shape index (κ2) is 7.43. The Morgan fingerprint density at radius 2 is 1.62 bits per heavy atom. The molecule has 0 saturated carbocycles. The van der Waals surface area contributed by atoms with Gasteiger partial charge in [0.25, 0.3) is 0 Å². The lowest BCUT2D eigenvalue weighted by atomic mass is 10.1. The third-order valence-corrected chi connectivity index (χ3v) is 6.90. The Morgan fingerprint density at radius 3 is 2.31 bits per heavy atom. The van der Waals surface area contributed by atoms with Crippen LogP contribution < -0.4 is 0 Å². The van der Waals surface area contributed by atoms with Gasteiger partial charge in [0.05, 0.1) is 9.79 Å². The maximum atomic E-state index is 12.8. The summed E-state index contributed by atoms with van der Waals surface area (Å²) in [6.07, 6.45) is 4.36. The summed E-state index contributed by atoms with van der Waals surface area (Å²) in [5.41, 5.74) is 1.11. The van der Waals surface area contributed by atoms with Gasteiger partial charge in [-0.25, -0.2) is 8.42 Å². The van der Waals surface area contributed by atoms with Crippen molar-refractivity contribution in [2.45, 2.75) is 28.7 Å². The van der Waals surface area contributed by atoms with Crippen molar-refractivity contribution in [2.24, 2.45) is 0 Å². The third kappa shape index (κ3) is 3.39. The number of aromatic nitrogens is 1. The second-order valence-electron chi connectivity index (χ2n) is 6.79. The molecule has 0 radical (unpaired) electrons. The van der Waals surface area contributed by atoms with Crippen LogP contribution >= 0.6 is 12.4 Å². The molecule has 2 heterocycles. The van der Waals surface area contributed by atoms with Crippen LogP contribution in [0.2, 0.25) is 0 Å². The molecule has 1 fully saturated rings. The molecular weight excluding hydrogens is 368 g/mol. The smallest absolute Gasteiger partial charge is 0.206 e. The van der Waals surface area contributed by atoms with Crippen molar-refractivity contribution in [2.75, 3.05) is 20.1 Å². The molecule has 0 N–H and O–H groups in total. The number of piperidine rings is 1. The van der Waals surface area contributed by atoms with Crippen LogP contribution in [0.25, 0.3) is 10.9 Å². The lowest BCUT2D eigenvalue weighted by Gasteiger charge is -2.30. The second-order valence-corrected chi connectivity index (χ2v) is 8.74. The van der Waals surface area contributed by atoms with Crippen molar-refractivity contribution >= 4 is 33.1 Å². The minimum atomic E-state index is -3.47. The highest BCUT2D eigenvalue weighted by Gasteiger charge is 2.21. The summed E-state index contributed by atoms with van der Waals surface area (Å²) < 4.78 is 27.9. The van der Waals surface area contributed by atoms with Gasteiger partial charge in [0.1, 0.15) is 0 Å². The summed E-state index contributed by atoms with van der Waals surface area (Å²) in [5, 5.41) is 0.982. The Morgan fingerprint density at radius 1 is 0.923 bits per heavy atom. The number of hydrogen-bond donors (Lipinski definition) is 0. The zero-order valence-electron chi connectivity index (χ0n) is 14.7. The van der Waals surface area contributed by atoms with Crippen LogP contribution in [-0.2, 0) is 9.84 Å². The van der Waals surface area contributed by atoms with E-state index in [4.69, 9.17) is 0 Å². The van der Waals surface area contributed by atoms with Crippen LogP contribution in [0.4, 0.5) is 0 Å². The predicted octanol–water partition coefficient (Wildman–Crippen LogP) is 4.16. The highest BCUT2D eigenvalue weighted by molar-refractivity contribution is 7.91. The molecule has 1 aliphatic heterocycles. The lowest BCUT2D eigenvalue weighted by Crippen LogP contribution is -2.31. The van der Waals surface area contributed by atoms with Gasteiger partial charge in [-0.1, -0.05) is 18.2 Å². The van der Waals surface area contributed by atoms with Crippen LogP contribution in [0, 0.1) is 0 Å². The van der Waals surface area contributed by atoms with Gasteiger partial charge < -0.3 is 9.47 Å². The first-order valence-electron chi connectivity index (χ1n) is 8.65. The molecule has 138 valence electrons. The van der Waals surface area contributed by atoms with Gasteiger partial charge in [0.2, 0.25) is 9.84 Å². The van der Waals surface area contributed by atoms with Crippen LogP contribution in [-0.4, -0.2) is 38.0 Å². The van der Waals surface area contributed by atoms with E-state index in [0.717, 1.165) is 36.8 Å². The van der Waals surface area contributed by atoms with Crippen LogP contribution in [0.5, 0.6) is 0 Å². The van der Waals surface area contributed by atoms with E-state index in [9.17, 15) is 8.42 Å². The molecule has 6 heteroatoms. The summed E-state index contributed by atoms with van der Waals surface area (Å²) in [5.74, 6) is 0. The van der Waals surface area contributed by atoms with Crippen LogP contribution in [0.15, 0.2) is 70.6 Å². The molecule has 0 amide bonds. The molecule has 1 saturated heterocycles. The SMILES string of the molecule is CN1CCC(n2ccc3cc(S(=O)(=O)c4ccccc4)ccc32)CC1.Cl. The van der Waals surface area contributed by atoms with Crippen LogP contribution in [0.3, 0.4) is 0 Å². The molecule has 0 spiro atoms. The molecule has 0 bridgehead atoms. The number of rotatable bonds is 3. The molecule has 4 nitrogen and oxygen atoms in total. The Balaban J connectivity index is 0.00000196. The highest BCUT2D eigenvalue weighted by Crippen LogP contribution is 2.30. The fraction of sp³-hybridized carbons (Fsp3) is 0.300. The Bertz CT molecular complexity index is 991. The lowest BCUT2D eigenvalue weighted by molar-refractivity contribution is 0.224. The summed E-state index contributed by atoms with van der Waals surface area (Å²) in [7, 11) is -1.31. The number of halogens is 1. The summed E-state index contributed by atoms with van der Waals surface area (Å²) >= 11 is 0. The number of sulfone groups is 1. The first-order valence-corrected chi connectivity index (χ1v) is 10.1. The molecule has 1 aromatic heterocycles. The monoisotopic (exact) mass is 390 g/mol. The molecule has 4 rings (SSSR count). The largest absolute Gasteiger partial charge is 0.344 e. The molecular formula is C20H23ClN2O2S. The fourth-order valence-corrected chi connectivity index (χ4v) is 4.95. The van der Waals surface area contributed by atoms with E-state index < -0.39 is 9.84 Å². The molecule has 1 aliphatic rings. The van der Waals surface area contributed by atoms with Crippen LogP contribution in [0.1, 0.15) is 18.9 Å². The third-order valence-electron chi connectivity index (χ3n) is 5.14. The number of benzene rings is 2. The average Bonchev–Trinajstić information content (AvgIpc) is 3.06. The Labute approximate surface area is 160 Å². The minimum absolute atomic E-state index is 0. The van der Waals surface area contributed by atoms with Crippen molar-refractivity contribution in [1.82, 2.24) is 9.47 Å². The van der Waals surface area contributed by atoms with E-state index in [1.807, 2.05) is 18.2 Å². The topological polar surface area (TPSA) is 42.3 Å². The summed E-state index contributed by atoms with van der Waals surface area (Å²) in [6.45, 7) is 2.20. The Kier molecular flexibility index (Phi) is 5.42. The van der Waals surface area contributed by atoms with Crippen molar-refractivity contribution in [3.63, 3.8) is 0 Å². The molecule has 26 heavy (non-hydrogen) atoms. The van der Waals surface area contributed by atoms with Gasteiger partial charge in [-0.05, 0) is 69.4 Å². The fourth-order valence-electron chi connectivity index (χ4n) is 3.64. The standard InChI is InChI=1S/C20H22N2O2S.ClH/c1-21-12-10-17(11-13-21)22-14-9-16-15-19(7-8-20(16)22)25(23,24)18-5-3-2-4-6-18;/h2-9,14-15,17H,10-13H2,1H3;1H. The van der Waals surface area contributed by atoms with Gasteiger partial charge in [0, 0.05) is 23.1 Å². The Hall–Kier alpha value is -1.82.